The van der Waals surface area contributed by atoms with E-state index in [1.165, 1.54) is 0 Å². The van der Waals surface area contributed by atoms with Gasteiger partial charge in [-0.3, -0.25) is 4.79 Å². The molecule has 4 nitrogen and oxygen atoms in total. The Bertz CT molecular complexity index is 575. The summed E-state index contributed by atoms with van der Waals surface area (Å²) < 4.78 is 10.9. The summed E-state index contributed by atoms with van der Waals surface area (Å²) in [5, 5.41) is 0. The van der Waals surface area contributed by atoms with Crippen LogP contribution in [-0.2, 0) is 0 Å². The van der Waals surface area contributed by atoms with Crippen LogP contribution in [0.4, 0.5) is 0 Å². The highest BCUT2D eigenvalue weighted by molar-refractivity contribution is 5.98. The van der Waals surface area contributed by atoms with E-state index >= 15 is 0 Å². The molecule has 4 heteroatoms. The molecule has 0 fully saturated rings. The summed E-state index contributed by atoms with van der Waals surface area (Å²) in [5.74, 6) is 1.37. The van der Waals surface area contributed by atoms with Crippen LogP contribution in [0.5, 0.6) is 5.75 Å². The van der Waals surface area contributed by atoms with Crippen LogP contribution in [0.3, 0.4) is 0 Å². The predicted molar refractivity (Wildman–Crippen MR) is 66.6 cm³/mol. The number of rotatable bonds is 1. The lowest BCUT2D eigenvalue weighted by atomic mass is 10.1. The molecule has 2 heterocycles. The first-order valence-corrected chi connectivity index (χ1v) is 5.82. The summed E-state index contributed by atoms with van der Waals surface area (Å²) in [6, 6.07) is 9.23. The van der Waals surface area contributed by atoms with Gasteiger partial charge in [-0.15, -0.1) is 0 Å². The first-order chi connectivity index (χ1) is 8.75. The van der Waals surface area contributed by atoms with Crippen LogP contribution in [0.15, 0.2) is 41.0 Å². The Hall–Kier alpha value is -2.23. The Balaban J connectivity index is 2.09. The van der Waals surface area contributed by atoms with E-state index in [4.69, 9.17) is 9.15 Å². The molecule has 1 aromatic carbocycles. The van der Waals surface area contributed by atoms with Gasteiger partial charge in [0.1, 0.15) is 18.1 Å². The smallest absolute Gasteiger partial charge is 0.257 e. The number of ether oxygens (including phenoxy) is 1. The molecule has 1 aliphatic rings. The maximum absolute atomic E-state index is 12.2. The van der Waals surface area contributed by atoms with Crippen molar-refractivity contribution in [2.24, 2.45) is 0 Å². The van der Waals surface area contributed by atoms with Crippen molar-refractivity contribution in [3.8, 4) is 17.1 Å². The van der Waals surface area contributed by atoms with Gasteiger partial charge in [-0.05, 0) is 30.3 Å². The van der Waals surface area contributed by atoms with Gasteiger partial charge >= 0.3 is 0 Å². The molecular formula is C14H13NO3. The SMILES string of the molecule is CN1CCOc2ccc(-c3ccco3)cc2C1=O. The molecule has 92 valence electrons. The highest BCUT2D eigenvalue weighted by Crippen LogP contribution is 2.29. The number of benzene rings is 1. The van der Waals surface area contributed by atoms with Crippen molar-refractivity contribution >= 4 is 5.91 Å². The molecule has 2 aromatic rings. The van der Waals surface area contributed by atoms with Gasteiger partial charge in [0.25, 0.3) is 5.91 Å². The zero-order valence-electron chi connectivity index (χ0n) is 10.1. The first kappa shape index (κ1) is 10.9. The van der Waals surface area contributed by atoms with Gasteiger partial charge in [0.15, 0.2) is 0 Å². The highest BCUT2D eigenvalue weighted by Gasteiger charge is 2.21. The number of fused-ring (bicyclic) bond motifs is 1. The van der Waals surface area contributed by atoms with E-state index in [1.54, 1.807) is 18.2 Å². The first-order valence-electron chi connectivity index (χ1n) is 5.82. The lowest BCUT2D eigenvalue weighted by Crippen LogP contribution is -2.27. The molecule has 0 saturated carbocycles. The normalized spacial score (nSPS) is 14.9. The molecule has 1 amide bonds. The van der Waals surface area contributed by atoms with Gasteiger partial charge < -0.3 is 14.1 Å². The van der Waals surface area contributed by atoms with Crippen molar-refractivity contribution < 1.29 is 13.9 Å². The number of carbonyl (C=O) groups is 1. The molecule has 0 bridgehead atoms. The number of hydrogen-bond acceptors (Lipinski definition) is 3. The topological polar surface area (TPSA) is 42.7 Å². The lowest BCUT2D eigenvalue weighted by molar-refractivity contribution is 0.0797. The summed E-state index contributed by atoms with van der Waals surface area (Å²) >= 11 is 0. The quantitative estimate of drug-likeness (QED) is 0.772. The van der Waals surface area contributed by atoms with Gasteiger partial charge in [-0.1, -0.05) is 0 Å². The number of furan rings is 1. The Labute approximate surface area is 105 Å². The lowest BCUT2D eigenvalue weighted by Gasteiger charge is -2.12. The largest absolute Gasteiger partial charge is 0.491 e. The third-order valence-electron chi connectivity index (χ3n) is 3.05. The summed E-state index contributed by atoms with van der Waals surface area (Å²) in [6.07, 6.45) is 1.62. The number of carbonyl (C=O) groups excluding carboxylic acids is 1. The van der Waals surface area contributed by atoms with Crippen LogP contribution >= 0.6 is 0 Å². The number of likely N-dealkylation sites (N-methyl/N-ethyl adjacent to an activating group) is 1. The van der Waals surface area contributed by atoms with Crippen molar-refractivity contribution in [1.29, 1.82) is 0 Å². The highest BCUT2D eigenvalue weighted by atomic mass is 16.5. The summed E-state index contributed by atoms with van der Waals surface area (Å²) in [4.78, 5) is 13.8. The van der Waals surface area contributed by atoms with E-state index in [2.05, 4.69) is 0 Å². The number of nitrogens with zero attached hydrogens (tertiary/aromatic N) is 1. The third kappa shape index (κ3) is 1.76. The van der Waals surface area contributed by atoms with Crippen molar-refractivity contribution in [3.05, 3.63) is 42.2 Å². The van der Waals surface area contributed by atoms with Gasteiger partial charge in [-0.25, -0.2) is 0 Å². The van der Waals surface area contributed by atoms with Crippen LogP contribution in [0, 0.1) is 0 Å². The standard InChI is InChI=1S/C14H13NO3/c1-15-6-8-18-13-5-4-10(9-11(13)14(15)16)12-3-2-7-17-12/h2-5,7,9H,6,8H2,1H3. The van der Waals surface area contributed by atoms with Crippen LogP contribution in [-0.4, -0.2) is 31.0 Å². The second-order valence-electron chi connectivity index (χ2n) is 4.26. The van der Waals surface area contributed by atoms with Crippen LogP contribution < -0.4 is 4.74 Å². The summed E-state index contributed by atoms with van der Waals surface area (Å²) in [6.45, 7) is 1.12. The molecule has 3 rings (SSSR count). The van der Waals surface area contributed by atoms with Crippen molar-refractivity contribution in [3.63, 3.8) is 0 Å². The zero-order chi connectivity index (χ0) is 12.5. The van der Waals surface area contributed by atoms with Gasteiger partial charge in [-0.2, -0.15) is 0 Å². The second-order valence-corrected chi connectivity index (χ2v) is 4.26. The minimum atomic E-state index is -0.0177. The monoisotopic (exact) mass is 243 g/mol. The molecule has 0 N–H and O–H groups in total. The van der Waals surface area contributed by atoms with Gasteiger partial charge in [0.05, 0.1) is 18.4 Å². The molecule has 0 saturated heterocycles. The van der Waals surface area contributed by atoms with Crippen molar-refractivity contribution in [2.45, 2.75) is 0 Å². The fourth-order valence-corrected chi connectivity index (χ4v) is 2.02. The second kappa shape index (κ2) is 4.22. The minimum Gasteiger partial charge on any atom is -0.491 e. The fraction of sp³-hybridized carbons (Fsp3) is 0.214. The average molecular weight is 243 g/mol. The molecule has 1 aromatic heterocycles. The van der Waals surface area contributed by atoms with E-state index in [1.807, 2.05) is 30.3 Å². The Morgan fingerprint density at radius 3 is 2.94 bits per heavy atom. The predicted octanol–water partition coefficient (Wildman–Crippen LogP) is 2.41. The molecule has 18 heavy (non-hydrogen) atoms. The molecule has 0 unspecified atom stereocenters. The number of amides is 1. The van der Waals surface area contributed by atoms with E-state index in [-0.39, 0.29) is 5.91 Å². The molecule has 0 radical (unpaired) electrons. The van der Waals surface area contributed by atoms with Crippen LogP contribution in [0.2, 0.25) is 0 Å². The average Bonchev–Trinajstić information content (AvgIpc) is 2.87. The molecule has 0 aliphatic carbocycles. The summed E-state index contributed by atoms with van der Waals surface area (Å²) in [7, 11) is 1.78. The van der Waals surface area contributed by atoms with Gasteiger partial charge in [0, 0.05) is 12.6 Å². The van der Waals surface area contributed by atoms with Crippen molar-refractivity contribution in [1.82, 2.24) is 4.90 Å². The maximum atomic E-state index is 12.2. The van der Waals surface area contributed by atoms with Crippen LogP contribution in [0.25, 0.3) is 11.3 Å². The molecule has 1 aliphatic heterocycles. The molecule has 0 spiro atoms. The maximum Gasteiger partial charge on any atom is 0.257 e. The third-order valence-corrected chi connectivity index (χ3v) is 3.05. The number of hydrogen-bond donors (Lipinski definition) is 0. The molecule has 0 atom stereocenters. The Kier molecular flexibility index (Phi) is 2.55. The van der Waals surface area contributed by atoms with Gasteiger partial charge in [0.2, 0.25) is 0 Å². The molecular weight excluding hydrogens is 230 g/mol. The van der Waals surface area contributed by atoms with Crippen molar-refractivity contribution in [2.75, 3.05) is 20.2 Å². The Morgan fingerprint density at radius 1 is 1.28 bits per heavy atom. The van der Waals surface area contributed by atoms with Crippen LogP contribution in [0.1, 0.15) is 10.4 Å². The van der Waals surface area contributed by atoms with E-state index in [9.17, 15) is 4.79 Å². The minimum absolute atomic E-state index is 0.0177. The zero-order valence-corrected chi connectivity index (χ0v) is 10.1. The Morgan fingerprint density at radius 2 is 2.17 bits per heavy atom. The summed E-state index contributed by atoms with van der Waals surface area (Å²) in [5.41, 5.74) is 1.47. The fourth-order valence-electron chi connectivity index (χ4n) is 2.02. The van der Waals surface area contributed by atoms with E-state index in [0.29, 0.717) is 24.5 Å². The van der Waals surface area contributed by atoms with E-state index < -0.39 is 0 Å². The van der Waals surface area contributed by atoms with E-state index in [0.717, 1.165) is 11.3 Å².